The minimum atomic E-state index is -0.943. The fourth-order valence-corrected chi connectivity index (χ4v) is 5.35. The van der Waals surface area contributed by atoms with Gasteiger partial charge in [-0.3, -0.25) is 9.59 Å². The average Bonchev–Trinajstić information content (AvgIpc) is 2.91. The van der Waals surface area contributed by atoms with E-state index < -0.39 is 47.7 Å². The van der Waals surface area contributed by atoms with Crippen molar-refractivity contribution >= 4 is 29.7 Å². The highest BCUT2D eigenvalue weighted by atomic mass is 32.2. The van der Waals surface area contributed by atoms with E-state index in [0.717, 1.165) is 24.2 Å². The van der Waals surface area contributed by atoms with Gasteiger partial charge in [0.15, 0.2) is 0 Å². The Morgan fingerprint density at radius 1 is 0.857 bits per heavy atom. The molecule has 2 aromatic rings. The zero-order valence-corrected chi connectivity index (χ0v) is 26.7. The second-order valence-electron chi connectivity index (χ2n) is 12.1. The molecule has 4 N–H and O–H groups in total. The number of aliphatic hydroxyl groups is 1. The number of amides is 3. The molecule has 0 unspecified atom stereocenters. The molecule has 0 aliphatic heterocycles. The molecule has 0 saturated carbocycles. The first kappa shape index (κ1) is 35.2. The van der Waals surface area contributed by atoms with E-state index in [-0.39, 0.29) is 12.3 Å². The quantitative estimate of drug-likeness (QED) is 0.204. The summed E-state index contributed by atoms with van der Waals surface area (Å²) in [5, 5.41) is 19.3. The lowest BCUT2D eigenvalue weighted by molar-refractivity contribution is -0.130. The van der Waals surface area contributed by atoms with Gasteiger partial charge in [0.25, 0.3) is 0 Å². The Labute approximate surface area is 255 Å². The zero-order valence-electron chi connectivity index (χ0n) is 25.9. The third-order valence-corrected chi connectivity index (χ3v) is 7.60. The summed E-state index contributed by atoms with van der Waals surface area (Å²) < 4.78 is 5.36. The molecule has 3 amide bonds. The minimum absolute atomic E-state index is 0.233. The van der Waals surface area contributed by atoms with E-state index in [1.807, 2.05) is 62.4 Å². The third kappa shape index (κ3) is 14.2. The van der Waals surface area contributed by atoms with E-state index in [1.165, 1.54) is 5.56 Å². The predicted molar refractivity (Wildman–Crippen MR) is 170 cm³/mol. The number of aryl methyl sites for hydroxylation is 1. The van der Waals surface area contributed by atoms with Crippen LogP contribution in [0.1, 0.15) is 65.5 Å². The normalized spacial score (nSPS) is 14.4. The first-order valence-electron chi connectivity index (χ1n) is 14.8. The van der Waals surface area contributed by atoms with Crippen LogP contribution in [0.3, 0.4) is 0 Å². The molecule has 8 nitrogen and oxygen atoms in total. The summed E-state index contributed by atoms with van der Waals surface area (Å²) in [6.07, 6.45) is 1.40. The predicted octanol–water partition coefficient (Wildman–Crippen LogP) is 4.88. The molecule has 0 spiro atoms. The van der Waals surface area contributed by atoms with Crippen molar-refractivity contribution in [2.45, 2.75) is 97.1 Å². The highest BCUT2D eigenvalue weighted by Crippen LogP contribution is 2.15. The first-order chi connectivity index (χ1) is 19.8. The van der Waals surface area contributed by atoms with Gasteiger partial charge in [0, 0.05) is 12.2 Å². The molecule has 0 fully saturated rings. The van der Waals surface area contributed by atoms with Gasteiger partial charge in [-0.15, -0.1) is 0 Å². The standard InChI is InChI=1S/C33H49N3O5S/c1-23(2)20-27(29(37)22-42-19-13-18-25-14-9-7-10-15-25)35-30(38)24(3)34-31(39)28(21-26-16-11-8-12-17-26)36-32(40)41-33(4,5)6/h7-12,14-17,23-24,27-29,37H,13,18-22H2,1-6H3,(H,34,39)(H,35,38)(H,36,40)/t24-,27+,28-,29+/m0/s1. The molecule has 0 bridgehead atoms. The maximum Gasteiger partial charge on any atom is 0.408 e. The van der Waals surface area contributed by atoms with Crippen molar-refractivity contribution < 1.29 is 24.2 Å². The van der Waals surface area contributed by atoms with Gasteiger partial charge in [-0.1, -0.05) is 74.5 Å². The highest BCUT2D eigenvalue weighted by molar-refractivity contribution is 7.99. The summed E-state index contributed by atoms with van der Waals surface area (Å²) in [6.45, 7) is 10.9. The zero-order chi connectivity index (χ0) is 31.1. The number of rotatable bonds is 16. The van der Waals surface area contributed by atoms with Crippen LogP contribution in [-0.2, 0) is 27.2 Å². The lowest BCUT2D eigenvalue weighted by Crippen LogP contribution is -2.56. The van der Waals surface area contributed by atoms with Crippen LogP contribution in [-0.4, -0.2) is 64.4 Å². The second-order valence-corrected chi connectivity index (χ2v) is 13.2. The minimum Gasteiger partial charge on any atom is -0.444 e. The largest absolute Gasteiger partial charge is 0.444 e. The second kappa shape index (κ2) is 17.8. The molecule has 232 valence electrons. The van der Waals surface area contributed by atoms with Crippen LogP contribution < -0.4 is 16.0 Å². The topological polar surface area (TPSA) is 117 Å². The summed E-state index contributed by atoms with van der Waals surface area (Å²) in [7, 11) is 0. The summed E-state index contributed by atoms with van der Waals surface area (Å²) in [4.78, 5) is 38.9. The number of aliphatic hydroxyl groups excluding tert-OH is 1. The highest BCUT2D eigenvalue weighted by Gasteiger charge is 2.29. The molecule has 0 heterocycles. The van der Waals surface area contributed by atoms with Crippen LogP contribution in [0.5, 0.6) is 0 Å². The summed E-state index contributed by atoms with van der Waals surface area (Å²) in [6, 6.07) is 17.4. The number of ether oxygens (including phenoxy) is 1. The number of thioether (sulfide) groups is 1. The van der Waals surface area contributed by atoms with Crippen LogP contribution in [0.4, 0.5) is 4.79 Å². The number of benzene rings is 2. The maximum atomic E-state index is 13.3. The maximum absolute atomic E-state index is 13.3. The van der Waals surface area contributed by atoms with Crippen molar-refractivity contribution in [1.29, 1.82) is 0 Å². The number of carbonyl (C=O) groups excluding carboxylic acids is 3. The SMILES string of the molecule is CC(C)C[C@@H](NC(=O)[C@H](C)NC(=O)[C@H](Cc1ccccc1)NC(=O)OC(C)(C)C)[C@H](O)CSCCCc1ccccc1. The van der Waals surface area contributed by atoms with Gasteiger partial charge in [-0.05, 0) is 69.8 Å². The Balaban J connectivity index is 1.94. The van der Waals surface area contributed by atoms with Gasteiger partial charge in [0.2, 0.25) is 11.8 Å². The summed E-state index contributed by atoms with van der Waals surface area (Å²) in [5.74, 6) is 0.784. The Bertz CT molecular complexity index is 1090. The number of nitrogens with one attached hydrogen (secondary N) is 3. The van der Waals surface area contributed by atoms with Crippen molar-refractivity contribution in [2.24, 2.45) is 5.92 Å². The monoisotopic (exact) mass is 599 g/mol. The van der Waals surface area contributed by atoms with Gasteiger partial charge >= 0.3 is 6.09 Å². The molecule has 0 saturated heterocycles. The Kier molecular flexibility index (Phi) is 14.9. The molecular weight excluding hydrogens is 550 g/mol. The molecule has 2 aromatic carbocycles. The molecule has 4 atom stereocenters. The van der Waals surface area contributed by atoms with Crippen molar-refractivity contribution in [3.63, 3.8) is 0 Å². The van der Waals surface area contributed by atoms with E-state index in [0.29, 0.717) is 12.2 Å². The van der Waals surface area contributed by atoms with Crippen molar-refractivity contribution in [3.8, 4) is 0 Å². The molecule has 42 heavy (non-hydrogen) atoms. The van der Waals surface area contributed by atoms with Crippen LogP contribution >= 0.6 is 11.8 Å². The van der Waals surface area contributed by atoms with E-state index in [9.17, 15) is 19.5 Å². The van der Waals surface area contributed by atoms with Crippen LogP contribution in [0.2, 0.25) is 0 Å². The molecule has 0 radical (unpaired) electrons. The molecule has 2 rings (SSSR count). The van der Waals surface area contributed by atoms with Crippen LogP contribution in [0, 0.1) is 5.92 Å². The lowest BCUT2D eigenvalue weighted by Gasteiger charge is -2.28. The van der Waals surface area contributed by atoms with E-state index >= 15 is 0 Å². The molecular formula is C33H49N3O5S. The van der Waals surface area contributed by atoms with E-state index in [4.69, 9.17) is 4.74 Å². The van der Waals surface area contributed by atoms with E-state index in [2.05, 4.69) is 28.1 Å². The van der Waals surface area contributed by atoms with Crippen molar-refractivity contribution in [1.82, 2.24) is 16.0 Å². The molecule has 9 heteroatoms. The first-order valence-corrected chi connectivity index (χ1v) is 15.9. The molecule has 0 aliphatic rings. The van der Waals surface area contributed by atoms with Gasteiger partial charge < -0.3 is 25.8 Å². The van der Waals surface area contributed by atoms with E-state index in [1.54, 1.807) is 39.5 Å². The Hall–Kier alpha value is -3.04. The lowest BCUT2D eigenvalue weighted by atomic mass is 9.99. The van der Waals surface area contributed by atoms with Gasteiger partial charge in [-0.25, -0.2) is 4.79 Å². The van der Waals surface area contributed by atoms with Crippen molar-refractivity contribution in [3.05, 3.63) is 71.8 Å². The van der Waals surface area contributed by atoms with Gasteiger partial charge in [0.1, 0.15) is 17.7 Å². The Morgan fingerprint density at radius 2 is 1.45 bits per heavy atom. The van der Waals surface area contributed by atoms with Gasteiger partial charge in [0.05, 0.1) is 12.1 Å². The average molecular weight is 600 g/mol. The number of carbonyl (C=O) groups is 3. The number of hydrogen-bond donors (Lipinski definition) is 4. The third-order valence-electron chi connectivity index (χ3n) is 6.45. The molecule has 0 aliphatic carbocycles. The van der Waals surface area contributed by atoms with Crippen LogP contribution in [0.15, 0.2) is 60.7 Å². The number of hydrogen-bond acceptors (Lipinski definition) is 6. The summed E-state index contributed by atoms with van der Waals surface area (Å²) in [5.41, 5.74) is 1.43. The smallest absolute Gasteiger partial charge is 0.408 e. The van der Waals surface area contributed by atoms with Crippen molar-refractivity contribution in [2.75, 3.05) is 11.5 Å². The fraction of sp³-hybridized carbons (Fsp3) is 0.545. The van der Waals surface area contributed by atoms with Gasteiger partial charge in [-0.2, -0.15) is 11.8 Å². The fourth-order valence-electron chi connectivity index (χ4n) is 4.36. The van der Waals surface area contributed by atoms with Crippen LogP contribution in [0.25, 0.3) is 0 Å². The summed E-state index contributed by atoms with van der Waals surface area (Å²) >= 11 is 1.67. The Morgan fingerprint density at radius 3 is 2.02 bits per heavy atom. The molecule has 0 aromatic heterocycles. The number of alkyl carbamates (subject to hydrolysis) is 1.